The SMILES string of the molecule is CC(C)Oc1ccc2c(c1)CC(Nc1ncc(C(=O)N3CCCCOC3)cn1)C2.[HH]. The third kappa shape index (κ3) is 4.85. The van der Waals surface area contributed by atoms with Crippen molar-refractivity contribution in [2.45, 2.75) is 51.7 Å². The average Bonchev–Trinajstić information content (AvgIpc) is 2.91. The molecule has 1 fully saturated rings. The molecule has 1 atom stereocenters. The van der Waals surface area contributed by atoms with Crippen molar-refractivity contribution < 1.29 is 15.7 Å². The Morgan fingerprint density at radius 2 is 2.03 bits per heavy atom. The number of amides is 1. The van der Waals surface area contributed by atoms with Crippen molar-refractivity contribution >= 4 is 11.9 Å². The fraction of sp³-hybridized carbons (Fsp3) is 0.500. The summed E-state index contributed by atoms with van der Waals surface area (Å²) in [6.07, 6.45) is 7.13. The molecule has 0 spiro atoms. The Morgan fingerprint density at radius 3 is 2.83 bits per heavy atom. The number of hydrogen-bond acceptors (Lipinski definition) is 6. The molecule has 1 aromatic heterocycles. The summed E-state index contributed by atoms with van der Waals surface area (Å²) >= 11 is 0. The first-order valence-corrected chi connectivity index (χ1v) is 10.3. The van der Waals surface area contributed by atoms with Crippen molar-refractivity contribution in [2.75, 3.05) is 25.2 Å². The highest BCUT2D eigenvalue weighted by Crippen LogP contribution is 2.28. The normalized spacial score (nSPS) is 19.0. The van der Waals surface area contributed by atoms with Crippen molar-refractivity contribution in [1.82, 2.24) is 14.9 Å². The number of hydrogen-bond donors (Lipinski definition) is 1. The van der Waals surface area contributed by atoms with Crippen LogP contribution in [0.2, 0.25) is 0 Å². The maximum atomic E-state index is 12.6. The number of anilines is 1. The highest BCUT2D eigenvalue weighted by Gasteiger charge is 2.23. The van der Waals surface area contributed by atoms with Gasteiger partial charge in [0.2, 0.25) is 5.95 Å². The van der Waals surface area contributed by atoms with Crippen LogP contribution in [-0.2, 0) is 17.6 Å². The van der Waals surface area contributed by atoms with Gasteiger partial charge in [0.05, 0.1) is 11.7 Å². The van der Waals surface area contributed by atoms with Gasteiger partial charge in [-0.3, -0.25) is 4.79 Å². The minimum absolute atomic E-state index is 0. The lowest BCUT2D eigenvalue weighted by Crippen LogP contribution is -2.33. The highest BCUT2D eigenvalue weighted by molar-refractivity contribution is 5.93. The summed E-state index contributed by atoms with van der Waals surface area (Å²) in [6.45, 7) is 5.81. The summed E-state index contributed by atoms with van der Waals surface area (Å²) in [5.41, 5.74) is 3.12. The Labute approximate surface area is 172 Å². The van der Waals surface area contributed by atoms with E-state index in [-0.39, 0.29) is 19.5 Å². The number of benzene rings is 1. The number of rotatable bonds is 5. The first kappa shape index (κ1) is 19.6. The van der Waals surface area contributed by atoms with Crippen LogP contribution in [0.4, 0.5) is 5.95 Å². The first-order chi connectivity index (χ1) is 14.1. The number of aromatic nitrogens is 2. The summed E-state index contributed by atoms with van der Waals surface area (Å²) in [5.74, 6) is 1.38. The maximum absolute atomic E-state index is 12.6. The van der Waals surface area contributed by atoms with E-state index in [2.05, 4.69) is 27.4 Å². The molecule has 1 aliphatic carbocycles. The van der Waals surface area contributed by atoms with Crippen LogP contribution in [0.3, 0.4) is 0 Å². The Hall–Kier alpha value is -2.67. The van der Waals surface area contributed by atoms with Gasteiger partial charge in [-0.1, -0.05) is 6.07 Å². The number of carbonyl (C=O) groups excluding carboxylic acids is 1. The van der Waals surface area contributed by atoms with Crippen molar-refractivity contribution in [3.8, 4) is 5.75 Å². The third-order valence-corrected chi connectivity index (χ3v) is 5.22. The molecule has 7 nitrogen and oxygen atoms in total. The van der Waals surface area contributed by atoms with Crippen molar-refractivity contribution in [3.63, 3.8) is 0 Å². The van der Waals surface area contributed by atoms with Crippen LogP contribution in [0.5, 0.6) is 5.75 Å². The zero-order chi connectivity index (χ0) is 20.2. The summed E-state index contributed by atoms with van der Waals surface area (Å²) in [6, 6.07) is 6.54. The number of nitrogens with one attached hydrogen (secondary N) is 1. The predicted molar refractivity (Wildman–Crippen MR) is 112 cm³/mol. The smallest absolute Gasteiger partial charge is 0.258 e. The standard InChI is InChI=1S/C22H28N4O3.H2/c1-15(2)29-20-6-5-16-9-19(10-17(16)11-20)25-22-23-12-18(13-24-22)21(27)26-7-3-4-8-28-14-26;/h5-6,11-13,15,19H,3-4,7-10,14H2,1-2H3,(H,23,24,25);1H. The van der Waals surface area contributed by atoms with Gasteiger partial charge < -0.3 is 19.7 Å². The molecule has 7 heteroatoms. The van der Waals surface area contributed by atoms with Gasteiger partial charge in [-0.05, 0) is 62.8 Å². The van der Waals surface area contributed by atoms with E-state index >= 15 is 0 Å². The molecule has 1 N–H and O–H groups in total. The Balaban J connectivity index is 0.00000256. The molecule has 0 radical (unpaired) electrons. The first-order valence-electron chi connectivity index (χ1n) is 10.3. The van der Waals surface area contributed by atoms with Gasteiger partial charge in [-0.2, -0.15) is 0 Å². The monoisotopic (exact) mass is 398 g/mol. The third-order valence-electron chi connectivity index (χ3n) is 5.22. The Bertz CT molecular complexity index is 852. The molecule has 0 saturated carbocycles. The molecule has 4 rings (SSSR count). The number of carbonyl (C=O) groups is 1. The van der Waals surface area contributed by atoms with Crippen LogP contribution < -0.4 is 10.1 Å². The summed E-state index contributed by atoms with van der Waals surface area (Å²) in [5, 5.41) is 3.39. The molecule has 1 saturated heterocycles. The van der Waals surface area contributed by atoms with Crippen LogP contribution in [0.1, 0.15) is 49.6 Å². The van der Waals surface area contributed by atoms with E-state index in [9.17, 15) is 4.79 Å². The number of nitrogens with zero attached hydrogens (tertiary/aromatic N) is 3. The van der Waals surface area contributed by atoms with Gasteiger partial charge in [-0.15, -0.1) is 0 Å². The van der Waals surface area contributed by atoms with E-state index in [4.69, 9.17) is 9.47 Å². The Morgan fingerprint density at radius 1 is 1.24 bits per heavy atom. The second kappa shape index (κ2) is 8.78. The lowest BCUT2D eigenvalue weighted by atomic mass is 10.1. The van der Waals surface area contributed by atoms with Crippen LogP contribution in [0.15, 0.2) is 30.6 Å². The zero-order valence-electron chi connectivity index (χ0n) is 17.1. The van der Waals surface area contributed by atoms with Gasteiger partial charge in [0.25, 0.3) is 5.91 Å². The average molecular weight is 399 g/mol. The van der Waals surface area contributed by atoms with Gasteiger partial charge in [0.1, 0.15) is 12.5 Å². The summed E-state index contributed by atoms with van der Waals surface area (Å²) in [7, 11) is 0. The molecule has 0 bridgehead atoms. The molecular weight excluding hydrogens is 368 g/mol. The largest absolute Gasteiger partial charge is 0.491 e. The topological polar surface area (TPSA) is 76.6 Å². The molecule has 2 aliphatic rings. The maximum Gasteiger partial charge on any atom is 0.258 e. The second-order valence-corrected chi connectivity index (χ2v) is 7.96. The molecule has 1 amide bonds. The van der Waals surface area contributed by atoms with Gasteiger partial charge in [0, 0.05) is 33.0 Å². The van der Waals surface area contributed by atoms with Crippen LogP contribution in [-0.4, -0.2) is 52.8 Å². The molecular formula is C22H30N4O3. The summed E-state index contributed by atoms with van der Waals surface area (Å²) in [4.78, 5) is 23.0. The minimum atomic E-state index is -0.0793. The Kier molecular flexibility index (Phi) is 5.94. The summed E-state index contributed by atoms with van der Waals surface area (Å²) < 4.78 is 11.3. The van der Waals surface area contributed by atoms with Gasteiger partial charge in [-0.25, -0.2) is 9.97 Å². The van der Waals surface area contributed by atoms with Crippen LogP contribution in [0, 0.1) is 0 Å². The predicted octanol–water partition coefficient (Wildman–Crippen LogP) is 3.30. The molecule has 29 heavy (non-hydrogen) atoms. The molecule has 156 valence electrons. The van der Waals surface area contributed by atoms with Crippen LogP contribution >= 0.6 is 0 Å². The van der Waals surface area contributed by atoms with Crippen LogP contribution in [0.25, 0.3) is 0 Å². The van der Waals surface area contributed by atoms with Crippen molar-refractivity contribution in [3.05, 3.63) is 47.3 Å². The molecule has 2 aromatic rings. The van der Waals surface area contributed by atoms with E-state index in [1.807, 2.05) is 19.9 Å². The highest BCUT2D eigenvalue weighted by atomic mass is 16.5. The van der Waals surface area contributed by atoms with Crippen molar-refractivity contribution in [2.24, 2.45) is 0 Å². The minimum Gasteiger partial charge on any atom is -0.491 e. The van der Waals surface area contributed by atoms with E-state index in [0.29, 0.717) is 31.4 Å². The number of fused-ring (bicyclic) bond motifs is 1. The molecule has 2 heterocycles. The number of ether oxygens (including phenoxy) is 2. The fourth-order valence-corrected chi connectivity index (χ4v) is 3.83. The quantitative estimate of drug-likeness (QED) is 0.833. The van der Waals surface area contributed by atoms with Gasteiger partial charge >= 0.3 is 0 Å². The van der Waals surface area contributed by atoms with E-state index < -0.39 is 0 Å². The van der Waals surface area contributed by atoms with Gasteiger partial charge in [0.15, 0.2) is 0 Å². The van der Waals surface area contributed by atoms with E-state index in [1.54, 1.807) is 17.3 Å². The zero-order valence-corrected chi connectivity index (χ0v) is 17.1. The lowest BCUT2D eigenvalue weighted by Gasteiger charge is -2.19. The van der Waals surface area contributed by atoms with Crippen molar-refractivity contribution in [1.29, 1.82) is 0 Å². The molecule has 1 unspecified atom stereocenters. The van der Waals surface area contributed by atoms with E-state index in [1.165, 1.54) is 11.1 Å². The fourth-order valence-electron chi connectivity index (χ4n) is 3.83. The van der Waals surface area contributed by atoms with E-state index in [0.717, 1.165) is 31.4 Å². The molecule has 1 aromatic carbocycles. The molecule has 1 aliphatic heterocycles. The lowest BCUT2D eigenvalue weighted by molar-refractivity contribution is 0.0368. The second-order valence-electron chi connectivity index (χ2n) is 7.96.